The molecule has 1 fully saturated rings. The summed E-state index contributed by atoms with van der Waals surface area (Å²) in [5.74, 6) is 0.0201. The Bertz CT molecular complexity index is 751. The van der Waals surface area contributed by atoms with Crippen LogP contribution in [0.1, 0.15) is 22.2 Å². The van der Waals surface area contributed by atoms with Crippen molar-refractivity contribution in [3.05, 3.63) is 34.7 Å². The maximum Gasteiger partial charge on any atom is 0.264 e. The second kappa shape index (κ2) is 7.51. The van der Waals surface area contributed by atoms with Gasteiger partial charge in [-0.15, -0.1) is 23.7 Å². The zero-order valence-electron chi connectivity index (χ0n) is 13.8. The third-order valence-corrected chi connectivity index (χ3v) is 5.57. The molecule has 0 unspecified atom stereocenters. The number of thiophene rings is 1. The standard InChI is InChI=1S/C17H21N3O2S.ClH/c1-11-13-5-3-4-6-14(13)23-15(11)17(22)20-9-7-19(8-10-20)16(21)12(2)18;/h3-6,12H,7-10,18H2,1-2H3;1H/t12-;/m1./s1. The minimum absolute atomic E-state index is 0. The molecule has 2 N–H and O–H groups in total. The SMILES string of the molecule is Cc1c(C(=O)N2CCN(C(=O)[C@@H](C)N)CC2)sc2ccccc12.Cl. The van der Waals surface area contributed by atoms with Crippen LogP contribution in [0.3, 0.4) is 0 Å². The van der Waals surface area contributed by atoms with Gasteiger partial charge in [-0.1, -0.05) is 18.2 Å². The molecule has 1 aromatic carbocycles. The van der Waals surface area contributed by atoms with Crippen LogP contribution in [0.2, 0.25) is 0 Å². The molecule has 7 heteroatoms. The molecule has 2 aromatic rings. The summed E-state index contributed by atoms with van der Waals surface area (Å²) in [7, 11) is 0. The minimum Gasteiger partial charge on any atom is -0.338 e. The van der Waals surface area contributed by atoms with Gasteiger partial charge in [-0.3, -0.25) is 9.59 Å². The van der Waals surface area contributed by atoms with Gasteiger partial charge in [0.15, 0.2) is 0 Å². The minimum atomic E-state index is -0.484. The summed E-state index contributed by atoms with van der Waals surface area (Å²) in [5.41, 5.74) is 6.69. The maximum absolute atomic E-state index is 12.8. The summed E-state index contributed by atoms with van der Waals surface area (Å²) in [4.78, 5) is 29.1. The van der Waals surface area contributed by atoms with E-state index in [0.717, 1.165) is 20.5 Å². The first kappa shape index (κ1) is 18.7. The van der Waals surface area contributed by atoms with Crippen LogP contribution in [0.4, 0.5) is 0 Å². The summed E-state index contributed by atoms with van der Waals surface area (Å²) in [6.07, 6.45) is 0. The summed E-state index contributed by atoms with van der Waals surface area (Å²) in [6, 6.07) is 7.60. The van der Waals surface area contributed by atoms with Crippen molar-refractivity contribution in [2.24, 2.45) is 5.73 Å². The van der Waals surface area contributed by atoms with E-state index in [9.17, 15) is 9.59 Å². The Labute approximate surface area is 151 Å². The normalized spacial score (nSPS) is 16.0. The van der Waals surface area contributed by atoms with Gasteiger partial charge in [-0.05, 0) is 30.9 Å². The molecule has 0 aliphatic carbocycles. The summed E-state index contributed by atoms with van der Waals surface area (Å²) in [6.45, 7) is 5.92. The number of nitrogens with two attached hydrogens (primary N) is 1. The smallest absolute Gasteiger partial charge is 0.264 e. The van der Waals surface area contributed by atoms with E-state index >= 15 is 0 Å². The molecular formula is C17H22ClN3O2S. The molecule has 0 spiro atoms. The fraction of sp³-hybridized carbons (Fsp3) is 0.412. The molecule has 2 amide bonds. The molecular weight excluding hydrogens is 346 g/mol. The quantitative estimate of drug-likeness (QED) is 0.885. The number of fused-ring (bicyclic) bond motifs is 1. The van der Waals surface area contributed by atoms with E-state index in [1.807, 2.05) is 30.0 Å². The van der Waals surface area contributed by atoms with Crippen LogP contribution >= 0.6 is 23.7 Å². The first-order valence-electron chi connectivity index (χ1n) is 7.81. The van der Waals surface area contributed by atoms with Crippen LogP contribution in [-0.4, -0.2) is 53.8 Å². The van der Waals surface area contributed by atoms with Crippen molar-refractivity contribution >= 4 is 45.6 Å². The number of carbonyl (C=O) groups excluding carboxylic acids is 2. The van der Waals surface area contributed by atoms with Crippen molar-refractivity contribution in [1.29, 1.82) is 0 Å². The van der Waals surface area contributed by atoms with Crippen molar-refractivity contribution in [2.75, 3.05) is 26.2 Å². The molecule has 3 rings (SSSR count). The Kier molecular flexibility index (Phi) is 5.85. The molecule has 0 radical (unpaired) electrons. The lowest BCUT2D eigenvalue weighted by Gasteiger charge is -2.35. The number of hydrogen-bond acceptors (Lipinski definition) is 4. The van der Waals surface area contributed by atoms with Crippen LogP contribution < -0.4 is 5.73 Å². The van der Waals surface area contributed by atoms with Crippen LogP contribution in [-0.2, 0) is 4.79 Å². The van der Waals surface area contributed by atoms with Crippen LogP contribution in [0.25, 0.3) is 10.1 Å². The third-order valence-electron chi connectivity index (χ3n) is 4.31. The predicted octanol–water partition coefficient (Wildman–Crippen LogP) is 2.26. The summed E-state index contributed by atoms with van der Waals surface area (Å²) >= 11 is 1.55. The van der Waals surface area contributed by atoms with E-state index < -0.39 is 6.04 Å². The number of amides is 2. The molecule has 0 saturated carbocycles. The van der Waals surface area contributed by atoms with E-state index in [1.165, 1.54) is 0 Å². The second-order valence-corrected chi connectivity index (χ2v) is 7.01. The van der Waals surface area contributed by atoms with Gasteiger partial charge in [0.05, 0.1) is 10.9 Å². The van der Waals surface area contributed by atoms with Gasteiger partial charge < -0.3 is 15.5 Å². The van der Waals surface area contributed by atoms with E-state index in [0.29, 0.717) is 26.2 Å². The number of piperazine rings is 1. The Morgan fingerprint density at radius 2 is 1.71 bits per heavy atom. The Balaban J connectivity index is 0.00000208. The average Bonchev–Trinajstić information content (AvgIpc) is 2.91. The lowest BCUT2D eigenvalue weighted by molar-refractivity contribution is -0.133. The van der Waals surface area contributed by atoms with Crippen molar-refractivity contribution in [3.63, 3.8) is 0 Å². The fourth-order valence-electron chi connectivity index (χ4n) is 2.94. The largest absolute Gasteiger partial charge is 0.338 e. The maximum atomic E-state index is 12.8. The first-order chi connectivity index (χ1) is 11.0. The van der Waals surface area contributed by atoms with Crippen molar-refractivity contribution in [2.45, 2.75) is 19.9 Å². The molecule has 24 heavy (non-hydrogen) atoms. The van der Waals surface area contributed by atoms with Crippen molar-refractivity contribution in [3.8, 4) is 0 Å². The van der Waals surface area contributed by atoms with E-state index in [2.05, 4.69) is 6.07 Å². The second-order valence-electron chi connectivity index (χ2n) is 5.96. The summed E-state index contributed by atoms with van der Waals surface area (Å²) in [5, 5.41) is 1.15. The van der Waals surface area contributed by atoms with Crippen LogP contribution in [0, 0.1) is 6.92 Å². The zero-order chi connectivity index (χ0) is 16.6. The van der Waals surface area contributed by atoms with Crippen molar-refractivity contribution < 1.29 is 9.59 Å². The van der Waals surface area contributed by atoms with Crippen LogP contribution in [0.15, 0.2) is 24.3 Å². The molecule has 1 atom stereocenters. The van der Waals surface area contributed by atoms with Crippen LogP contribution in [0.5, 0.6) is 0 Å². The highest BCUT2D eigenvalue weighted by Gasteiger charge is 2.27. The van der Waals surface area contributed by atoms with Gasteiger partial charge in [0, 0.05) is 30.9 Å². The molecule has 5 nitrogen and oxygen atoms in total. The molecule has 2 heterocycles. The molecule has 0 bridgehead atoms. The fourth-order valence-corrected chi connectivity index (χ4v) is 4.12. The number of hydrogen-bond donors (Lipinski definition) is 1. The monoisotopic (exact) mass is 367 g/mol. The van der Waals surface area contributed by atoms with E-state index in [1.54, 1.807) is 23.2 Å². The van der Waals surface area contributed by atoms with Gasteiger partial charge in [0.2, 0.25) is 5.91 Å². The molecule has 130 valence electrons. The highest BCUT2D eigenvalue weighted by Crippen LogP contribution is 2.31. The predicted molar refractivity (Wildman–Crippen MR) is 99.9 cm³/mol. The van der Waals surface area contributed by atoms with Gasteiger partial charge in [-0.25, -0.2) is 0 Å². The number of aryl methyl sites for hydroxylation is 1. The number of rotatable bonds is 2. The molecule has 1 aromatic heterocycles. The Hall–Kier alpha value is -1.63. The summed E-state index contributed by atoms with van der Waals surface area (Å²) < 4.78 is 1.14. The average molecular weight is 368 g/mol. The number of halogens is 1. The van der Waals surface area contributed by atoms with Gasteiger partial charge in [0.25, 0.3) is 5.91 Å². The first-order valence-corrected chi connectivity index (χ1v) is 8.62. The molecule has 1 aliphatic heterocycles. The molecule has 1 aliphatic rings. The van der Waals surface area contributed by atoms with E-state index in [4.69, 9.17) is 5.73 Å². The Morgan fingerprint density at radius 3 is 2.29 bits per heavy atom. The topological polar surface area (TPSA) is 66.6 Å². The Morgan fingerprint density at radius 1 is 1.12 bits per heavy atom. The number of nitrogens with zero attached hydrogens (tertiary/aromatic N) is 2. The highest BCUT2D eigenvalue weighted by molar-refractivity contribution is 7.21. The van der Waals surface area contributed by atoms with Gasteiger partial charge in [-0.2, -0.15) is 0 Å². The molecule has 1 saturated heterocycles. The lowest BCUT2D eigenvalue weighted by atomic mass is 10.1. The highest BCUT2D eigenvalue weighted by atomic mass is 35.5. The van der Waals surface area contributed by atoms with Crippen molar-refractivity contribution in [1.82, 2.24) is 9.80 Å². The van der Waals surface area contributed by atoms with E-state index in [-0.39, 0.29) is 24.2 Å². The lowest BCUT2D eigenvalue weighted by Crippen LogP contribution is -2.53. The number of benzene rings is 1. The van der Waals surface area contributed by atoms with Gasteiger partial charge in [0.1, 0.15) is 0 Å². The zero-order valence-corrected chi connectivity index (χ0v) is 15.5. The third kappa shape index (κ3) is 3.41. The number of carbonyl (C=O) groups is 2. The van der Waals surface area contributed by atoms with Gasteiger partial charge >= 0.3 is 0 Å².